The summed E-state index contributed by atoms with van der Waals surface area (Å²) in [5.74, 6) is 1.12. The first kappa shape index (κ1) is 14.7. The quantitative estimate of drug-likeness (QED) is 0.867. The maximum Gasteiger partial charge on any atom is 0.222 e. The Labute approximate surface area is 129 Å². The Morgan fingerprint density at radius 3 is 2.59 bits per heavy atom. The molecule has 0 amide bonds. The highest BCUT2D eigenvalue weighted by Gasteiger charge is 2.26. The molecule has 1 aliphatic rings. The molecule has 2 N–H and O–H groups in total. The zero-order valence-corrected chi connectivity index (χ0v) is 13.0. The highest BCUT2D eigenvalue weighted by molar-refractivity contribution is 7.91. The normalized spacial score (nSPS) is 17.4. The van der Waals surface area contributed by atoms with E-state index in [-0.39, 0.29) is 17.5 Å². The molecule has 0 spiro atoms. The van der Waals surface area contributed by atoms with E-state index in [1.54, 1.807) is 12.4 Å². The number of nitrogens with two attached hydrogens (primary N) is 1. The molecular formula is C14H17N5O2S. The number of aromatic nitrogens is 3. The highest BCUT2D eigenvalue weighted by atomic mass is 32.2. The van der Waals surface area contributed by atoms with Gasteiger partial charge >= 0.3 is 0 Å². The molecule has 2 aromatic rings. The molecule has 0 saturated carbocycles. The smallest absolute Gasteiger partial charge is 0.222 e. The van der Waals surface area contributed by atoms with Crippen LogP contribution in [0.4, 0.5) is 11.8 Å². The van der Waals surface area contributed by atoms with Crippen molar-refractivity contribution in [1.82, 2.24) is 15.0 Å². The number of sulfone groups is 1. The van der Waals surface area contributed by atoms with Gasteiger partial charge in [-0.25, -0.2) is 13.4 Å². The van der Waals surface area contributed by atoms with Gasteiger partial charge in [-0.2, -0.15) is 4.98 Å². The topological polar surface area (TPSA) is 102 Å². The van der Waals surface area contributed by atoms with Gasteiger partial charge in [-0.1, -0.05) is 6.07 Å². The van der Waals surface area contributed by atoms with Gasteiger partial charge in [-0.05, 0) is 13.0 Å². The summed E-state index contributed by atoms with van der Waals surface area (Å²) < 4.78 is 23.2. The summed E-state index contributed by atoms with van der Waals surface area (Å²) in [5.41, 5.74) is 8.28. The van der Waals surface area contributed by atoms with Gasteiger partial charge in [0.2, 0.25) is 5.95 Å². The summed E-state index contributed by atoms with van der Waals surface area (Å²) in [6, 6.07) is 3.77. The van der Waals surface area contributed by atoms with Crippen LogP contribution in [0.5, 0.6) is 0 Å². The number of rotatable bonds is 2. The molecule has 1 saturated heterocycles. The summed E-state index contributed by atoms with van der Waals surface area (Å²) in [5, 5.41) is 0. The second-order valence-corrected chi connectivity index (χ2v) is 7.55. The van der Waals surface area contributed by atoms with Crippen molar-refractivity contribution in [3.8, 4) is 11.1 Å². The molecule has 0 atom stereocenters. The molecule has 3 heterocycles. The summed E-state index contributed by atoms with van der Waals surface area (Å²) in [7, 11) is -2.95. The van der Waals surface area contributed by atoms with E-state index in [2.05, 4.69) is 15.0 Å². The number of nitrogens with zero attached hydrogens (tertiary/aromatic N) is 4. The second-order valence-electron chi connectivity index (χ2n) is 5.25. The maximum atomic E-state index is 11.6. The minimum atomic E-state index is -2.95. The third kappa shape index (κ3) is 2.87. The van der Waals surface area contributed by atoms with E-state index in [0.717, 1.165) is 16.8 Å². The molecule has 0 aromatic carbocycles. The fourth-order valence-corrected chi connectivity index (χ4v) is 3.78. The summed E-state index contributed by atoms with van der Waals surface area (Å²) in [6.07, 6.45) is 3.44. The van der Waals surface area contributed by atoms with Crippen LogP contribution in [-0.2, 0) is 9.84 Å². The Kier molecular flexibility index (Phi) is 3.69. The molecule has 22 heavy (non-hydrogen) atoms. The van der Waals surface area contributed by atoms with Crippen LogP contribution in [0.3, 0.4) is 0 Å². The zero-order valence-electron chi connectivity index (χ0n) is 12.2. The Balaban J connectivity index is 2.07. The van der Waals surface area contributed by atoms with Crippen LogP contribution in [-0.4, -0.2) is 48.0 Å². The van der Waals surface area contributed by atoms with E-state index in [1.165, 1.54) is 0 Å². The Hall–Kier alpha value is -2.22. The van der Waals surface area contributed by atoms with Gasteiger partial charge in [0.25, 0.3) is 0 Å². The first-order chi connectivity index (χ1) is 10.5. The molecule has 0 bridgehead atoms. The lowest BCUT2D eigenvalue weighted by Crippen LogP contribution is -2.41. The van der Waals surface area contributed by atoms with Crippen LogP contribution in [0.25, 0.3) is 11.1 Å². The molecule has 7 nitrogen and oxygen atoms in total. The first-order valence-electron chi connectivity index (χ1n) is 6.96. The number of aryl methyl sites for hydroxylation is 1. The summed E-state index contributed by atoms with van der Waals surface area (Å²) in [6.45, 7) is 2.68. The van der Waals surface area contributed by atoms with Gasteiger partial charge in [0.1, 0.15) is 5.82 Å². The van der Waals surface area contributed by atoms with Crippen molar-refractivity contribution in [2.24, 2.45) is 0 Å². The average molecular weight is 319 g/mol. The largest absolute Gasteiger partial charge is 0.368 e. The van der Waals surface area contributed by atoms with Crippen molar-refractivity contribution in [3.63, 3.8) is 0 Å². The number of hydrogen-bond donors (Lipinski definition) is 1. The van der Waals surface area contributed by atoms with Crippen LogP contribution in [0.1, 0.15) is 5.69 Å². The van der Waals surface area contributed by atoms with Crippen LogP contribution in [0.2, 0.25) is 0 Å². The van der Waals surface area contributed by atoms with E-state index in [0.29, 0.717) is 18.9 Å². The molecule has 116 valence electrons. The molecule has 0 aliphatic carbocycles. The number of pyridine rings is 1. The molecule has 1 fully saturated rings. The van der Waals surface area contributed by atoms with Gasteiger partial charge in [0.05, 0.1) is 17.2 Å². The highest BCUT2D eigenvalue weighted by Crippen LogP contribution is 2.32. The summed E-state index contributed by atoms with van der Waals surface area (Å²) >= 11 is 0. The summed E-state index contributed by atoms with van der Waals surface area (Å²) in [4.78, 5) is 14.7. The van der Waals surface area contributed by atoms with Gasteiger partial charge in [-0.3, -0.25) is 4.98 Å². The number of hydrogen-bond acceptors (Lipinski definition) is 7. The lowest BCUT2D eigenvalue weighted by atomic mass is 10.1. The van der Waals surface area contributed by atoms with Crippen molar-refractivity contribution in [1.29, 1.82) is 0 Å². The molecule has 1 aliphatic heterocycles. The molecule has 0 unspecified atom stereocenters. The molecular weight excluding hydrogens is 302 g/mol. The predicted molar refractivity (Wildman–Crippen MR) is 85.3 cm³/mol. The maximum absolute atomic E-state index is 11.6. The second kappa shape index (κ2) is 5.53. The van der Waals surface area contributed by atoms with Gasteiger partial charge in [-0.15, -0.1) is 0 Å². The lowest BCUT2D eigenvalue weighted by molar-refractivity contribution is 0.586. The van der Waals surface area contributed by atoms with Crippen molar-refractivity contribution in [3.05, 3.63) is 30.2 Å². The zero-order chi connectivity index (χ0) is 15.7. The molecule has 0 radical (unpaired) electrons. The molecule has 2 aromatic heterocycles. The van der Waals surface area contributed by atoms with Crippen LogP contribution >= 0.6 is 0 Å². The van der Waals surface area contributed by atoms with Crippen molar-refractivity contribution >= 4 is 21.6 Å². The fraction of sp³-hybridized carbons (Fsp3) is 0.357. The standard InChI is InChI=1S/C14H17N5O2S/c1-10-12(11-3-2-4-16-9-11)13(18-14(15)17-10)19-5-7-22(20,21)8-6-19/h2-4,9H,5-8H2,1H3,(H2,15,17,18). The van der Waals surface area contributed by atoms with Crippen LogP contribution < -0.4 is 10.6 Å². The Morgan fingerprint density at radius 1 is 1.23 bits per heavy atom. The van der Waals surface area contributed by atoms with E-state index >= 15 is 0 Å². The minimum absolute atomic E-state index is 0.127. The van der Waals surface area contributed by atoms with Gasteiger partial charge < -0.3 is 10.6 Å². The molecule has 3 rings (SSSR count). The minimum Gasteiger partial charge on any atom is -0.368 e. The van der Waals surface area contributed by atoms with Crippen LogP contribution in [0.15, 0.2) is 24.5 Å². The molecule has 8 heteroatoms. The van der Waals surface area contributed by atoms with E-state index in [9.17, 15) is 8.42 Å². The Bertz CT molecular complexity index is 778. The third-order valence-electron chi connectivity index (χ3n) is 3.68. The van der Waals surface area contributed by atoms with Crippen molar-refractivity contribution in [2.75, 3.05) is 35.2 Å². The lowest BCUT2D eigenvalue weighted by Gasteiger charge is -2.29. The Morgan fingerprint density at radius 2 is 1.95 bits per heavy atom. The van der Waals surface area contributed by atoms with E-state index in [1.807, 2.05) is 24.0 Å². The van der Waals surface area contributed by atoms with Gasteiger partial charge in [0.15, 0.2) is 9.84 Å². The monoisotopic (exact) mass is 319 g/mol. The number of nitrogen functional groups attached to an aromatic ring is 1. The van der Waals surface area contributed by atoms with Gasteiger partial charge in [0, 0.05) is 36.6 Å². The van der Waals surface area contributed by atoms with E-state index < -0.39 is 9.84 Å². The first-order valence-corrected chi connectivity index (χ1v) is 8.78. The third-order valence-corrected chi connectivity index (χ3v) is 5.29. The SMILES string of the molecule is Cc1nc(N)nc(N2CCS(=O)(=O)CC2)c1-c1cccnc1. The number of anilines is 2. The van der Waals surface area contributed by atoms with E-state index in [4.69, 9.17) is 5.73 Å². The van der Waals surface area contributed by atoms with Crippen molar-refractivity contribution in [2.45, 2.75) is 6.92 Å². The van der Waals surface area contributed by atoms with Crippen molar-refractivity contribution < 1.29 is 8.42 Å². The predicted octanol–water partition coefficient (Wildman–Crippen LogP) is 0.664. The average Bonchev–Trinajstić information content (AvgIpc) is 2.47. The fourth-order valence-electron chi connectivity index (χ4n) is 2.58. The van der Waals surface area contributed by atoms with Crippen LogP contribution in [0, 0.1) is 6.92 Å².